The molecule has 198 valence electrons. The molecule has 2 heterocycles. The van der Waals surface area contributed by atoms with Gasteiger partial charge in [-0.1, -0.05) is 19.1 Å². The lowest BCUT2D eigenvalue weighted by molar-refractivity contribution is -0.132. The molecule has 1 N–H and O–H groups in total. The number of aliphatic hydroxyl groups excluding tert-OH is 1. The largest absolute Gasteiger partial charge is 0.472 e. The molecule has 1 saturated carbocycles. The Hall–Kier alpha value is -3.46. The molecule has 37 heavy (non-hydrogen) atoms. The lowest BCUT2D eigenvalue weighted by Gasteiger charge is -2.37. The van der Waals surface area contributed by atoms with Crippen LogP contribution in [0.5, 0.6) is 5.88 Å². The van der Waals surface area contributed by atoms with E-state index in [2.05, 4.69) is 4.98 Å². The topological polar surface area (TPSA) is 103 Å². The molecule has 3 atom stereocenters. The van der Waals surface area contributed by atoms with Crippen molar-refractivity contribution in [3.05, 3.63) is 47.7 Å². The van der Waals surface area contributed by atoms with E-state index in [-0.39, 0.29) is 48.1 Å². The number of hydrogen-bond acceptors (Lipinski definition) is 6. The first-order valence-electron chi connectivity index (χ1n) is 12.8. The SMILES string of the molecule is C[C@@H]1CN([C@@H](C)CO)C(=O)c2cc(-c3ccc(C(=O)N(C)C)cc3)cnc2O[C@H]1CN(C)C(=O)C1CC1. The summed E-state index contributed by atoms with van der Waals surface area (Å²) < 4.78 is 6.30. The number of aromatic nitrogens is 1. The molecule has 1 aliphatic heterocycles. The number of likely N-dealkylation sites (N-methyl/N-ethyl adjacent to an activating group) is 1. The Morgan fingerprint density at radius 3 is 2.43 bits per heavy atom. The van der Waals surface area contributed by atoms with Crippen LogP contribution < -0.4 is 4.74 Å². The van der Waals surface area contributed by atoms with E-state index < -0.39 is 6.04 Å². The number of hydrogen-bond donors (Lipinski definition) is 1. The molecule has 0 unspecified atom stereocenters. The van der Waals surface area contributed by atoms with Crippen LogP contribution in [0.3, 0.4) is 0 Å². The van der Waals surface area contributed by atoms with Crippen molar-refractivity contribution in [1.29, 1.82) is 0 Å². The molecule has 1 fully saturated rings. The van der Waals surface area contributed by atoms with E-state index in [1.54, 1.807) is 55.3 Å². The molecular weight excluding hydrogens is 472 g/mol. The van der Waals surface area contributed by atoms with Gasteiger partial charge in [0.2, 0.25) is 11.8 Å². The smallest absolute Gasteiger partial charge is 0.259 e. The van der Waals surface area contributed by atoms with Gasteiger partial charge < -0.3 is 24.5 Å². The maximum atomic E-state index is 13.7. The molecule has 1 aliphatic carbocycles. The number of nitrogens with zero attached hydrogens (tertiary/aromatic N) is 4. The molecular formula is C28H36N4O5. The zero-order valence-corrected chi connectivity index (χ0v) is 22.2. The van der Waals surface area contributed by atoms with Crippen molar-refractivity contribution in [2.45, 2.75) is 38.8 Å². The van der Waals surface area contributed by atoms with Gasteiger partial charge in [-0.2, -0.15) is 0 Å². The van der Waals surface area contributed by atoms with Crippen molar-refractivity contribution in [3.8, 4) is 17.0 Å². The van der Waals surface area contributed by atoms with Crippen LogP contribution >= 0.6 is 0 Å². The van der Waals surface area contributed by atoms with Gasteiger partial charge in [0.25, 0.3) is 11.8 Å². The standard InChI is InChI=1S/C28H36N4O5/c1-17-14-32(18(2)16-33)28(36)23-12-22(19-6-8-20(9-7-19)26(34)30(3)4)13-29-25(23)37-24(17)15-31(5)27(35)21-10-11-21/h6-9,12-13,17-18,21,24,33H,10-11,14-16H2,1-5H3/t17-,18+,24+/m1/s1. The van der Waals surface area contributed by atoms with E-state index in [1.807, 2.05) is 26.0 Å². The molecule has 0 bridgehead atoms. The Morgan fingerprint density at radius 1 is 1.16 bits per heavy atom. The van der Waals surface area contributed by atoms with E-state index >= 15 is 0 Å². The fourth-order valence-corrected chi connectivity index (χ4v) is 4.54. The third-order valence-corrected chi connectivity index (χ3v) is 7.15. The number of amides is 3. The van der Waals surface area contributed by atoms with Gasteiger partial charge in [0, 0.05) is 56.8 Å². The molecule has 4 rings (SSSR count). The Labute approximate surface area is 218 Å². The van der Waals surface area contributed by atoms with Crippen LogP contribution in [0.25, 0.3) is 11.1 Å². The fourth-order valence-electron chi connectivity index (χ4n) is 4.54. The van der Waals surface area contributed by atoms with Gasteiger partial charge >= 0.3 is 0 Å². The highest BCUT2D eigenvalue weighted by molar-refractivity contribution is 5.98. The Morgan fingerprint density at radius 2 is 1.84 bits per heavy atom. The van der Waals surface area contributed by atoms with E-state index in [0.717, 1.165) is 18.4 Å². The third-order valence-electron chi connectivity index (χ3n) is 7.15. The number of ether oxygens (including phenoxy) is 1. The van der Waals surface area contributed by atoms with Crippen LogP contribution in [0.15, 0.2) is 36.5 Å². The zero-order chi connectivity index (χ0) is 26.9. The summed E-state index contributed by atoms with van der Waals surface area (Å²) in [6.45, 7) is 4.38. The minimum atomic E-state index is -0.396. The summed E-state index contributed by atoms with van der Waals surface area (Å²) in [4.78, 5) is 47.9. The number of carbonyl (C=O) groups is 3. The first kappa shape index (κ1) is 26.6. The van der Waals surface area contributed by atoms with Gasteiger partial charge in [0.1, 0.15) is 11.7 Å². The maximum Gasteiger partial charge on any atom is 0.259 e. The molecule has 3 amide bonds. The number of rotatable bonds is 7. The second-order valence-corrected chi connectivity index (χ2v) is 10.5. The lowest BCUT2D eigenvalue weighted by Crippen LogP contribution is -2.50. The average molecular weight is 509 g/mol. The summed E-state index contributed by atoms with van der Waals surface area (Å²) in [5.74, 6) is -0.0118. The first-order valence-corrected chi connectivity index (χ1v) is 12.8. The molecule has 0 spiro atoms. The van der Waals surface area contributed by atoms with Gasteiger partial charge in [-0.15, -0.1) is 0 Å². The molecule has 9 nitrogen and oxygen atoms in total. The average Bonchev–Trinajstić information content (AvgIpc) is 3.74. The van der Waals surface area contributed by atoms with Crippen molar-refractivity contribution >= 4 is 17.7 Å². The maximum absolute atomic E-state index is 13.7. The quantitative estimate of drug-likeness (QED) is 0.617. The summed E-state index contributed by atoms with van der Waals surface area (Å²) in [7, 11) is 5.19. The lowest BCUT2D eigenvalue weighted by atomic mass is 9.98. The monoisotopic (exact) mass is 508 g/mol. The molecule has 2 aliphatic rings. The van der Waals surface area contributed by atoms with E-state index in [1.165, 1.54) is 4.90 Å². The Balaban J connectivity index is 1.67. The van der Waals surface area contributed by atoms with Crippen LogP contribution in [0.2, 0.25) is 0 Å². The van der Waals surface area contributed by atoms with Crippen molar-refractivity contribution in [3.63, 3.8) is 0 Å². The van der Waals surface area contributed by atoms with E-state index in [0.29, 0.717) is 29.8 Å². The predicted octanol–water partition coefficient (Wildman–Crippen LogP) is 2.54. The van der Waals surface area contributed by atoms with E-state index in [4.69, 9.17) is 4.74 Å². The molecule has 0 radical (unpaired) electrons. The van der Waals surface area contributed by atoms with Gasteiger partial charge in [0.15, 0.2) is 0 Å². The normalized spacial score (nSPS) is 20.3. The van der Waals surface area contributed by atoms with Crippen molar-refractivity contribution < 1.29 is 24.2 Å². The number of carbonyl (C=O) groups excluding carboxylic acids is 3. The van der Waals surface area contributed by atoms with Crippen molar-refractivity contribution in [1.82, 2.24) is 19.7 Å². The highest BCUT2D eigenvalue weighted by atomic mass is 16.5. The van der Waals surface area contributed by atoms with Crippen LogP contribution in [0.1, 0.15) is 47.4 Å². The van der Waals surface area contributed by atoms with Crippen molar-refractivity contribution in [2.75, 3.05) is 40.8 Å². The van der Waals surface area contributed by atoms with Gasteiger partial charge in [-0.3, -0.25) is 14.4 Å². The molecule has 9 heteroatoms. The summed E-state index contributed by atoms with van der Waals surface area (Å²) in [6.07, 6.45) is 3.13. The van der Waals surface area contributed by atoms with Crippen LogP contribution in [0, 0.1) is 11.8 Å². The van der Waals surface area contributed by atoms with Gasteiger partial charge in [-0.25, -0.2) is 4.98 Å². The van der Waals surface area contributed by atoms with Gasteiger partial charge in [-0.05, 0) is 43.5 Å². The molecule has 0 saturated heterocycles. The fraction of sp³-hybridized carbons (Fsp3) is 0.500. The first-order chi connectivity index (χ1) is 17.6. The highest BCUT2D eigenvalue weighted by Crippen LogP contribution is 2.33. The van der Waals surface area contributed by atoms with E-state index in [9.17, 15) is 19.5 Å². The highest BCUT2D eigenvalue weighted by Gasteiger charge is 2.37. The molecule has 2 aromatic rings. The van der Waals surface area contributed by atoms with Crippen LogP contribution in [-0.2, 0) is 4.79 Å². The third kappa shape index (κ3) is 5.77. The Bertz CT molecular complexity index is 1160. The summed E-state index contributed by atoms with van der Waals surface area (Å²) >= 11 is 0. The minimum Gasteiger partial charge on any atom is -0.472 e. The number of aliphatic hydroxyl groups is 1. The van der Waals surface area contributed by atoms with Gasteiger partial charge in [0.05, 0.1) is 19.2 Å². The Kier molecular flexibility index (Phi) is 7.82. The zero-order valence-electron chi connectivity index (χ0n) is 22.2. The van der Waals surface area contributed by atoms with Crippen molar-refractivity contribution in [2.24, 2.45) is 11.8 Å². The second-order valence-electron chi connectivity index (χ2n) is 10.5. The number of fused-ring (bicyclic) bond motifs is 1. The predicted molar refractivity (Wildman–Crippen MR) is 139 cm³/mol. The number of benzene rings is 1. The van der Waals surface area contributed by atoms with Crippen LogP contribution in [-0.4, -0.2) is 95.5 Å². The number of pyridine rings is 1. The molecule has 1 aromatic heterocycles. The summed E-state index contributed by atoms with van der Waals surface area (Å²) in [5.41, 5.74) is 2.39. The van der Waals surface area contributed by atoms with Crippen LogP contribution in [0.4, 0.5) is 0 Å². The second kappa shape index (κ2) is 10.9. The summed E-state index contributed by atoms with van der Waals surface area (Å²) in [5, 5.41) is 9.87. The summed E-state index contributed by atoms with van der Waals surface area (Å²) in [6, 6.07) is 8.50. The minimum absolute atomic E-state index is 0.0923. The molecule has 1 aromatic carbocycles.